The molecule has 1 amide bonds. The molecule has 0 aliphatic rings. The maximum atomic E-state index is 12.1. The molecule has 20 heavy (non-hydrogen) atoms. The Balaban J connectivity index is 2.16. The molecule has 0 saturated carbocycles. The summed E-state index contributed by atoms with van der Waals surface area (Å²) in [7, 11) is 0. The third-order valence-electron chi connectivity index (χ3n) is 2.52. The van der Waals surface area contributed by atoms with Crippen molar-refractivity contribution in [1.29, 1.82) is 0 Å². The van der Waals surface area contributed by atoms with Crippen molar-refractivity contribution < 1.29 is 9.72 Å². The number of rotatable bonds is 4. The molecule has 2 rings (SSSR count). The maximum Gasteiger partial charge on any atom is 0.284 e. The second-order valence-electron chi connectivity index (χ2n) is 3.77. The van der Waals surface area contributed by atoms with E-state index in [0.29, 0.717) is 6.54 Å². The summed E-state index contributed by atoms with van der Waals surface area (Å²) in [4.78, 5) is 23.4. The number of nitro benzene ring substituents is 1. The van der Waals surface area contributed by atoms with E-state index in [2.05, 4.69) is 37.2 Å². The number of hydrogen-bond donors (Lipinski definition) is 1. The number of amides is 1. The Morgan fingerprint density at radius 3 is 2.70 bits per heavy atom. The van der Waals surface area contributed by atoms with Crippen LogP contribution >= 0.6 is 43.2 Å². The highest BCUT2D eigenvalue weighted by molar-refractivity contribution is 9.11. The number of carbonyl (C=O) groups is 1. The van der Waals surface area contributed by atoms with E-state index in [1.807, 2.05) is 11.4 Å². The van der Waals surface area contributed by atoms with Crippen molar-refractivity contribution in [1.82, 2.24) is 5.32 Å². The first-order valence-electron chi connectivity index (χ1n) is 5.43. The monoisotopic (exact) mass is 418 g/mol. The summed E-state index contributed by atoms with van der Waals surface area (Å²) in [6, 6.07) is 6.26. The summed E-state index contributed by atoms with van der Waals surface area (Å²) < 4.78 is 1.12. The molecule has 1 N–H and O–H groups in total. The van der Waals surface area contributed by atoms with Gasteiger partial charge in [-0.05, 0) is 49.4 Å². The Morgan fingerprint density at radius 2 is 2.10 bits per heavy atom. The zero-order valence-electron chi connectivity index (χ0n) is 9.93. The zero-order valence-corrected chi connectivity index (χ0v) is 13.9. The minimum absolute atomic E-state index is 0.130. The lowest BCUT2D eigenvalue weighted by atomic mass is 10.2. The van der Waals surface area contributed by atoms with Crippen LogP contribution in [0.4, 0.5) is 5.69 Å². The van der Waals surface area contributed by atoms with Crippen molar-refractivity contribution in [3.8, 4) is 0 Å². The smallest absolute Gasteiger partial charge is 0.284 e. The predicted molar refractivity (Wildman–Crippen MR) is 84.0 cm³/mol. The van der Waals surface area contributed by atoms with E-state index in [0.717, 1.165) is 9.35 Å². The van der Waals surface area contributed by atoms with Crippen molar-refractivity contribution in [2.75, 3.05) is 0 Å². The molecule has 0 radical (unpaired) electrons. The number of nitrogens with one attached hydrogen (secondary N) is 1. The van der Waals surface area contributed by atoms with Gasteiger partial charge in [-0.2, -0.15) is 0 Å². The van der Waals surface area contributed by atoms with Crippen LogP contribution in [0.15, 0.2) is 38.6 Å². The van der Waals surface area contributed by atoms with Gasteiger partial charge < -0.3 is 5.32 Å². The average Bonchev–Trinajstić information content (AvgIpc) is 2.81. The molecule has 1 aromatic carbocycles. The van der Waals surface area contributed by atoms with Crippen LogP contribution in [0.3, 0.4) is 0 Å². The molecule has 0 atom stereocenters. The minimum Gasteiger partial charge on any atom is -0.347 e. The zero-order chi connectivity index (χ0) is 14.7. The molecule has 1 aromatic heterocycles. The van der Waals surface area contributed by atoms with Crippen LogP contribution in [0.2, 0.25) is 0 Å². The lowest BCUT2D eigenvalue weighted by Gasteiger charge is -2.06. The molecule has 0 aliphatic heterocycles. The standard InChI is InChI=1S/C12H8Br2N2O3S/c13-8-4-5-20-10(8)6-15-12(17)7-2-1-3-9(11(7)14)16(18)19/h1-5H,6H2,(H,15,17). The van der Waals surface area contributed by atoms with Gasteiger partial charge in [0.2, 0.25) is 0 Å². The second kappa shape index (κ2) is 6.47. The first-order chi connectivity index (χ1) is 9.50. The molecule has 2 aromatic rings. The highest BCUT2D eigenvalue weighted by atomic mass is 79.9. The van der Waals surface area contributed by atoms with Crippen molar-refractivity contribution >= 4 is 54.8 Å². The Hall–Kier alpha value is -1.25. The van der Waals surface area contributed by atoms with Gasteiger partial charge in [0.15, 0.2) is 0 Å². The molecular weight excluding hydrogens is 412 g/mol. The fourth-order valence-corrected chi connectivity index (χ4v) is 3.56. The molecule has 1 heterocycles. The molecule has 0 aliphatic carbocycles. The van der Waals surface area contributed by atoms with Crippen LogP contribution in [0.5, 0.6) is 0 Å². The predicted octanol–water partition coefficient (Wildman–Crippen LogP) is 4.11. The van der Waals surface area contributed by atoms with Gasteiger partial charge in [0.25, 0.3) is 11.6 Å². The van der Waals surface area contributed by atoms with Gasteiger partial charge in [0, 0.05) is 15.4 Å². The molecular formula is C12H8Br2N2O3S. The number of hydrogen-bond acceptors (Lipinski definition) is 4. The van der Waals surface area contributed by atoms with Gasteiger partial charge in [0.05, 0.1) is 17.0 Å². The van der Waals surface area contributed by atoms with Gasteiger partial charge in [-0.25, -0.2) is 0 Å². The average molecular weight is 420 g/mol. The molecule has 104 valence electrons. The molecule has 5 nitrogen and oxygen atoms in total. The van der Waals surface area contributed by atoms with Gasteiger partial charge in [0.1, 0.15) is 4.47 Å². The van der Waals surface area contributed by atoms with Crippen LogP contribution < -0.4 is 5.32 Å². The van der Waals surface area contributed by atoms with E-state index in [1.54, 1.807) is 0 Å². The number of nitro groups is 1. The highest BCUT2D eigenvalue weighted by Gasteiger charge is 2.19. The van der Waals surface area contributed by atoms with Crippen LogP contribution in [0.1, 0.15) is 15.2 Å². The molecule has 8 heteroatoms. The largest absolute Gasteiger partial charge is 0.347 e. The normalized spacial score (nSPS) is 10.3. The number of nitrogens with zero attached hydrogens (tertiary/aromatic N) is 1. The van der Waals surface area contributed by atoms with Crippen molar-refractivity contribution in [3.05, 3.63) is 59.1 Å². The summed E-state index contributed by atoms with van der Waals surface area (Å²) in [6.07, 6.45) is 0. The lowest BCUT2D eigenvalue weighted by Crippen LogP contribution is -2.23. The molecule has 0 saturated heterocycles. The van der Waals surface area contributed by atoms with Crippen LogP contribution in [0.25, 0.3) is 0 Å². The van der Waals surface area contributed by atoms with E-state index in [1.165, 1.54) is 29.5 Å². The minimum atomic E-state index is -0.531. The summed E-state index contributed by atoms with van der Waals surface area (Å²) in [6.45, 7) is 0.367. The van der Waals surface area contributed by atoms with Crippen molar-refractivity contribution in [2.45, 2.75) is 6.54 Å². The fraction of sp³-hybridized carbons (Fsp3) is 0.0833. The van der Waals surface area contributed by atoms with Crippen molar-refractivity contribution in [2.24, 2.45) is 0 Å². The topological polar surface area (TPSA) is 72.2 Å². The fourth-order valence-electron chi connectivity index (χ4n) is 1.54. The van der Waals surface area contributed by atoms with E-state index in [-0.39, 0.29) is 21.6 Å². The Morgan fingerprint density at radius 1 is 1.35 bits per heavy atom. The molecule has 0 bridgehead atoms. The third kappa shape index (κ3) is 3.25. The van der Waals surface area contributed by atoms with Gasteiger partial charge >= 0.3 is 0 Å². The third-order valence-corrected chi connectivity index (χ3v) is 5.28. The first-order valence-corrected chi connectivity index (χ1v) is 7.90. The highest BCUT2D eigenvalue weighted by Crippen LogP contribution is 2.28. The summed E-state index contributed by atoms with van der Waals surface area (Å²) in [5.74, 6) is -0.360. The Bertz CT molecular complexity index is 672. The van der Waals surface area contributed by atoms with Crippen molar-refractivity contribution in [3.63, 3.8) is 0 Å². The van der Waals surface area contributed by atoms with E-state index in [9.17, 15) is 14.9 Å². The molecule has 0 unspecified atom stereocenters. The van der Waals surface area contributed by atoms with Gasteiger partial charge in [-0.3, -0.25) is 14.9 Å². The Kier molecular flexibility index (Phi) is 4.90. The summed E-state index contributed by atoms with van der Waals surface area (Å²) in [5.41, 5.74) is 0.113. The maximum absolute atomic E-state index is 12.1. The first kappa shape index (κ1) is 15.1. The van der Waals surface area contributed by atoms with Crippen LogP contribution in [-0.2, 0) is 6.54 Å². The number of benzene rings is 1. The quantitative estimate of drug-likeness (QED) is 0.598. The van der Waals surface area contributed by atoms with E-state index < -0.39 is 4.92 Å². The molecule has 0 fully saturated rings. The van der Waals surface area contributed by atoms with Gasteiger partial charge in [-0.1, -0.05) is 6.07 Å². The lowest BCUT2D eigenvalue weighted by molar-refractivity contribution is -0.385. The summed E-state index contributed by atoms with van der Waals surface area (Å²) >= 11 is 8.00. The second-order valence-corrected chi connectivity index (χ2v) is 6.42. The van der Waals surface area contributed by atoms with E-state index >= 15 is 0 Å². The molecule has 0 spiro atoms. The van der Waals surface area contributed by atoms with Crippen LogP contribution in [0, 0.1) is 10.1 Å². The number of thiophene rings is 1. The Labute approximate surface area is 135 Å². The van der Waals surface area contributed by atoms with E-state index in [4.69, 9.17) is 0 Å². The number of carbonyl (C=O) groups excluding carboxylic acids is 1. The summed E-state index contributed by atoms with van der Waals surface area (Å²) in [5, 5.41) is 15.5. The SMILES string of the molecule is O=C(NCc1sccc1Br)c1cccc([N+](=O)[O-])c1Br. The number of halogens is 2. The van der Waals surface area contributed by atoms with Crippen LogP contribution in [-0.4, -0.2) is 10.8 Å². The van der Waals surface area contributed by atoms with Gasteiger partial charge in [-0.15, -0.1) is 11.3 Å².